The van der Waals surface area contributed by atoms with Crippen LogP contribution in [0.3, 0.4) is 0 Å². The summed E-state index contributed by atoms with van der Waals surface area (Å²) in [5, 5.41) is 0. The summed E-state index contributed by atoms with van der Waals surface area (Å²) in [6.45, 7) is 4.28. The van der Waals surface area contributed by atoms with Crippen molar-refractivity contribution >= 4 is 15.6 Å². The Morgan fingerprint density at radius 1 is 0.258 bits per heavy atom. The van der Waals surface area contributed by atoms with Crippen molar-refractivity contribution in [3.63, 3.8) is 0 Å². The van der Waals surface area contributed by atoms with Crippen molar-refractivity contribution < 1.29 is 78.9 Å². The fourth-order valence-corrected chi connectivity index (χ4v) is 18.6. The van der Waals surface area contributed by atoms with Gasteiger partial charge in [-0.15, -0.1) is 0 Å². The van der Waals surface area contributed by atoms with E-state index in [2.05, 4.69) is 13.8 Å². The van der Waals surface area contributed by atoms with Crippen LogP contribution in [0.2, 0.25) is 0 Å². The summed E-state index contributed by atoms with van der Waals surface area (Å²) in [4.78, 5) is 0. The minimum atomic E-state index is -4.97. The lowest BCUT2D eigenvalue weighted by atomic mass is 9.94. The Balaban J connectivity index is 1.00. The first-order chi connectivity index (χ1) is 61.2. The van der Waals surface area contributed by atoms with Gasteiger partial charge < -0.3 is 42.6 Å². The Labute approximate surface area is 740 Å². The summed E-state index contributed by atoms with van der Waals surface area (Å²) < 4.78 is 141. The van der Waals surface area contributed by atoms with E-state index < -0.39 is 77.1 Å². The average Bonchev–Trinajstić information content (AvgIpc) is 0.757. The molecule has 2 aliphatic rings. The van der Waals surface area contributed by atoms with E-state index in [1.54, 1.807) is 0 Å². The topological polar surface area (TPSA) is 173 Å². The van der Waals surface area contributed by atoms with Gasteiger partial charge in [0.15, 0.2) is 12.6 Å². The monoisotopic (exact) mass is 1730 g/mol. The molecule has 0 aliphatic carbocycles. The van der Waals surface area contributed by atoms with E-state index in [0.717, 1.165) is 53.5 Å². The van der Waals surface area contributed by atoms with Crippen LogP contribution in [-0.2, 0) is 138 Å². The summed E-state index contributed by atoms with van der Waals surface area (Å²) in [5.41, 5.74) is 7.08. The normalized spacial score (nSPS) is 19.3. The van der Waals surface area contributed by atoms with Crippen LogP contribution in [0.1, 0.15) is 231 Å². The number of hydrogen-bond acceptors (Lipinski definition) is 17. The predicted octanol–water partition coefficient (Wildman–Crippen LogP) is 26.7. The number of ether oxygens (including phenoxy) is 9. The lowest BCUT2D eigenvalue weighted by Crippen LogP contribution is -2.66. The maximum atomic E-state index is 16.7. The summed E-state index contributed by atoms with van der Waals surface area (Å²) in [6, 6.07) is 86.8. The number of unbranched alkanes of at least 4 members (excludes halogenated alkanes) is 22. The van der Waals surface area contributed by atoms with Crippen molar-refractivity contribution in [3.8, 4) is 0 Å². The molecule has 2 aliphatic heterocycles. The highest BCUT2D eigenvalue weighted by molar-refractivity contribution is 7.48. The average molecular weight is 1730 g/mol. The van der Waals surface area contributed by atoms with Gasteiger partial charge in [0.05, 0.1) is 79.3 Å². The van der Waals surface area contributed by atoms with Crippen molar-refractivity contribution in [1.82, 2.24) is 0 Å². The number of phosphoric acid groups is 2. The third-order valence-corrected chi connectivity index (χ3v) is 25.8. The molecule has 2 heterocycles. The summed E-state index contributed by atoms with van der Waals surface area (Å²) >= 11 is 0. The SMILES string of the molecule is CCCCCCCCCCCCCCC(CCCCCCCCCCCCCC)CO[C@@H]1O[C@H](COCc2ccccc2)[C@@H](O[C@@H]2O[C@H](COCc3ccccc3)[C@H](OP(=O)(OCc3ccccc3)OCc3ccccc3)[C@H](OP(=O)(OCc3ccccc3)OCc3ccccc3)[C@H]2OCc2ccccc2)[C@H](OCc2ccccc2)[C@H]1OCc1ccccc1. The molecule has 0 radical (unpaired) electrons. The second-order valence-corrected chi connectivity index (χ2v) is 36.3. The van der Waals surface area contributed by atoms with Gasteiger partial charge in [0.25, 0.3) is 0 Å². The third-order valence-electron chi connectivity index (χ3n) is 23.0. The standard InChI is InChI=1S/C105H138O17P2/c1-3-5-7-9-11-13-15-17-19-21-23-34-58-91(59-35-24-22-20-18-16-14-12-10-8-6-4-2)79-113-104-102(111-77-89-62-42-28-43-63-89)100(110-76-88-60-40-27-41-61-88)98(96(118-104)84-108-74-86-54-36-25-37-55-86)120-105-103(112-78-90-64-44-29-45-65-90)101(122-124(107,116-82-94-70-50-32-51-71-94)117-83-95-72-52-33-53-73-95)99(97(119-105)85-109-75-87-56-38-26-39-57-87)121-123(106,114-80-92-66-46-30-47-67-92)115-81-93-68-48-31-49-69-93/h25-33,36-57,60-73,91,96-105H,3-24,34-35,58-59,74-85H2,1-2H3/t96-,97-,98-,99+,100+,101+,102-,103-,104-,105+/m1/s1. The molecule has 670 valence electrons. The Morgan fingerprint density at radius 3 is 0.823 bits per heavy atom. The molecule has 19 heteroatoms. The first kappa shape index (κ1) is 97.5. The lowest BCUT2D eigenvalue weighted by molar-refractivity contribution is -0.372. The molecule has 0 bridgehead atoms. The number of benzene rings is 9. The van der Waals surface area contributed by atoms with Crippen LogP contribution in [0.25, 0.3) is 0 Å². The van der Waals surface area contributed by atoms with Crippen molar-refractivity contribution in [3.05, 3.63) is 323 Å². The minimum absolute atomic E-state index is 0.0365. The first-order valence-electron chi connectivity index (χ1n) is 46.3. The van der Waals surface area contributed by atoms with Gasteiger partial charge >= 0.3 is 15.6 Å². The smallest absolute Gasteiger partial charge is 0.374 e. The molecule has 9 aromatic rings. The van der Waals surface area contributed by atoms with Gasteiger partial charge in [0, 0.05) is 0 Å². The lowest BCUT2D eigenvalue weighted by Gasteiger charge is -2.50. The van der Waals surface area contributed by atoms with Crippen molar-refractivity contribution in [2.45, 2.75) is 302 Å². The molecule has 2 saturated heterocycles. The molecule has 0 N–H and O–H groups in total. The van der Waals surface area contributed by atoms with E-state index in [-0.39, 0.29) is 78.6 Å². The van der Waals surface area contributed by atoms with Crippen LogP contribution in [0.15, 0.2) is 273 Å². The minimum Gasteiger partial charge on any atom is -0.374 e. The van der Waals surface area contributed by atoms with Gasteiger partial charge in [-0.05, 0) is 68.8 Å². The second-order valence-electron chi connectivity index (χ2n) is 33.1. The first-order valence-corrected chi connectivity index (χ1v) is 49.2. The van der Waals surface area contributed by atoms with Crippen LogP contribution in [0.5, 0.6) is 0 Å². The van der Waals surface area contributed by atoms with Gasteiger partial charge in [0.2, 0.25) is 0 Å². The van der Waals surface area contributed by atoms with Crippen LogP contribution < -0.4 is 0 Å². The predicted molar refractivity (Wildman–Crippen MR) is 490 cm³/mol. The molecule has 11 rings (SSSR count). The molecule has 2 fully saturated rings. The fraction of sp³-hybridized carbons (Fsp3) is 0.486. The largest absolute Gasteiger partial charge is 0.475 e. The zero-order chi connectivity index (χ0) is 85.8. The van der Waals surface area contributed by atoms with Crippen molar-refractivity contribution in [2.24, 2.45) is 5.92 Å². The van der Waals surface area contributed by atoms with Crippen LogP contribution in [-0.4, -0.2) is 81.2 Å². The third kappa shape index (κ3) is 36.2. The Bertz CT molecular complexity index is 4150. The van der Waals surface area contributed by atoms with Gasteiger partial charge in [-0.2, -0.15) is 0 Å². The van der Waals surface area contributed by atoms with Gasteiger partial charge in [-0.1, -0.05) is 441 Å². The molecule has 124 heavy (non-hydrogen) atoms. The molecule has 0 spiro atoms. The van der Waals surface area contributed by atoms with E-state index in [9.17, 15) is 0 Å². The highest BCUT2D eigenvalue weighted by Gasteiger charge is 2.58. The van der Waals surface area contributed by atoms with E-state index in [1.807, 2.05) is 273 Å². The summed E-state index contributed by atoms with van der Waals surface area (Å²) in [7, 11) is -9.87. The van der Waals surface area contributed by atoms with Gasteiger partial charge in [0.1, 0.15) is 48.8 Å². The molecular formula is C105H138O17P2. The number of phosphoric ester groups is 2. The molecule has 9 aromatic carbocycles. The Hall–Kier alpha value is -7.16. The maximum absolute atomic E-state index is 16.7. The maximum Gasteiger partial charge on any atom is 0.475 e. The van der Waals surface area contributed by atoms with Gasteiger partial charge in [-0.25, -0.2) is 9.13 Å². The van der Waals surface area contributed by atoms with Crippen LogP contribution in [0, 0.1) is 5.92 Å². The molecular weight excluding hydrogens is 1600 g/mol. The molecule has 17 nitrogen and oxygen atoms in total. The Kier molecular flexibility index (Phi) is 45.3. The highest BCUT2D eigenvalue weighted by atomic mass is 31.2. The second kappa shape index (κ2) is 57.6. The van der Waals surface area contributed by atoms with E-state index in [4.69, 9.17) is 69.8 Å². The van der Waals surface area contributed by atoms with Crippen molar-refractivity contribution in [1.29, 1.82) is 0 Å². The zero-order valence-corrected chi connectivity index (χ0v) is 75.3. The molecule has 0 amide bonds. The summed E-state index contributed by atoms with van der Waals surface area (Å²) in [6.07, 6.45) is 19.6. The van der Waals surface area contributed by atoms with Gasteiger partial charge in [-0.3, -0.25) is 27.1 Å². The van der Waals surface area contributed by atoms with Crippen LogP contribution >= 0.6 is 15.6 Å². The van der Waals surface area contributed by atoms with E-state index >= 15 is 9.13 Å². The number of rotatable bonds is 64. The molecule has 0 saturated carbocycles. The summed E-state index contributed by atoms with van der Waals surface area (Å²) in [5.74, 6) is 0.230. The van der Waals surface area contributed by atoms with Crippen LogP contribution in [0.4, 0.5) is 0 Å². The quantitative estimate of drug-likeness (QED) is 0.0260. The van der Waals surface area contributed by atoms with Crippen molar-refractivity contribution in [2.75, 3.05) is 19.8 Å². The van der Waals surface area contributed by atoms with E-state index in [1.165, 1.54) is 141 Å². The highest BCUT2D eigenvalue weighted by Crippen LogP contribution is 2.58. The van der Waals surface area contributed by atoms with E-state index in [0.29, 0.717) is 28.9 Å². The molecule has 10 atom stereocenters. The Morgan fingerprint density at radius 2 is 0.508 bits per heavy atom. The fourth-order valence-electron chi connectivity index (χ4n) is 15.9. The molecule has 0 aromatic heterocycles. The molecule has 0 unspecified atom stereocenters. The number of hydrogen-bond donors (Lipinski definition) is 0. The zero-order valence-electron chi connectivity index (χ0n) is 73.5.